The third-order valence-electron chi connectivity index (χ3n) is 1.28. The molecule has 2 aromatic heterocycles. The van der Waals surface area contributed by atoms with Gasteiger partial charge in [0, 0.05) is 6.07 Å². The van der Waals surface area contributed by atoms with Gasteiger partial charge >= 0.3 is 0 Å². The maximum absolute atomic E-state index is 8.97. The molecule has 0 aromatic carbocycles. The summed E-state index contributed by atoms with van der Waals surface area (Å²) >= 11 is 0. The maximum Gasteiger partial charge on any atom is 0.216 e. The third-order valence-corrected chi connectivity index (χ3v) is 1.28. The number of nitrogen functional groups attached to an aromatic ring is 1. The normalized spacial score (nSPS) is 10.5. The molecule has 3 N–H and O–H groups in total. The molecule has 0 radical (unpaired) electrons. The lowest BCUT2D eigenvalue weighted by molar-refractivity contribution is 0.454. The predicted octanol–water partition coefficient (Wildman–Crippen LogP) is -0.588. The Balaban J connectivity index is 2.91. The fraction of sp³-hybridized carbons (Fsp3) is 0. The highest BCUT2D eigenvalue weighted by atomic mass is 16.3. The van der Waals surface area contributed by atoms with Crippen molar-refractivity contribution in [2.24, 2.45) is 0 Å². The fourth-order valence-electron chi connectivity index (χ4n) is 0.833. The fourth-order valence-corrected chi connectivity index (χ4v) is 0.833. The molecular formula is C5H5N5O. The van der Waals surface area contributed by atoms with Gasteiger partial charge < -0.3 is 10.8 Å². The van der Waals surface area contributed by atoms with Gasteiger partial charge in [-0.1, -0.05) is 5.21 Å². The van der Waals surface area contributed by atoms with Gasteiger partial charge in [0.05, 0.1) is 6.20 Å². The third kappa shape index (κ3) is 0.759. The van der Waals surface area contributed by atoms with Crippen molar-refractivity contribution in [3.63, 3.8) is 0 Å². The highest BCUT2D eigenvalue weighted by Gasteiger charge is 2.01. The first kappa shape index (κ1) is 5.90. The molecule has 0 spiro atoms. The van der Waals surface area contributed by atoms with E-state index in [0.29, 0.717) is 11.5 Å². The molecule has 56 valence electrons. The van der Waals surface area contributed by atoms with Crippen LogP contribution in [0.2, 0.25) is 0 Å². The van der Waals surface area contributed by atoms with E-state index in [-0.39, 0.29) is 5.88 Å². The summed E-state index contributed by atoms with van der Waals surface area (Å²) in [4.78, 5) is 3.71. The highest BCUT2D eigenvalue weighted by molar-refractivity contribution is 5.46. The van der Waals surface area contributed by atoms with Gasteiger partial charge in [-0.2, -0.15) is 9.50 Å². The Labute approximate surface area is 61.3 Å². The molecule has 0 aliphatic rings. The smallest absolute Gasteiger partial charge is 0.216 e. The number of hydrogen-bond donors (Lipinski definition) is 2. The first-order chi connectivity index (χ1) is 5.27. The van der Waals surface area contributed by atoms with Crippen LogP contribution in [0.3, 0.4) is 0 Å². The molecule has 0 unspecified atom stereocenters. The first-order valence-electron chi connectivity index (χ1n) is 2.93. The largest absolute Gasteiger partial charge is 0.493 e. The molecule has 11 heavy (non-hydrogen) atoms. The lowest BCUT2D eigenvalue weighted by Crippen LogP contribution is -1.99. The summed E-state index contributed by atoms with van der Waals surface area (Å²) in [5, 5.41) is 16.2. The Morgan fingerprint density at radius 3 is 3.18 bits per heavy atom. The van der Waals surface area contributed by atoms with E-state index >= 15 is 0 Å². The minimum atomic E-state index is -0.127. The number of aromatic hydroxyl groups is 1. The zero-order chi connectivity index (χ0) is 7.84. The van der Waals surface area contributed by atoms with Crippen LogP contribution in [0, 0.1) is 0 Å². The van der Waals surface area contributed by atoms with Gasteiger partial charge in [-0.05, 0) is 0 Å². The van der Waals surface area contributed by atoms with Crippen LogP contribution < -0.4 is 5.73 Å². The van der Waals surface area contributed by atoms with Crippen LogP contribution in [-0.2, 0) is 0 Å². The predicted molar refractivity (Wildman–Crippen MR) is 36.9 cm³/mol. The van der Waals surface area contributed by atoms with Crippen molar-refractivity contribution in [2.75, 3.05) is 5.73 Å². The molecule has 2 aromatic rings. The number of aromatic nitrogens is 4. The van der Waals surface area contributed by atoms with Gasteiger partial charge in [0.2, 0.25) is 5.88 Å². The van der Waals surface area contributed by atoms with E-state index in [4.69, 9.17) is 10.8 Å². The molecule has 6 nitrogen and oxygen atoms in total. The average molecular weight is 151 g/mol. The minimum Gasteiger partial charge on any atom is -0.493 e. The zero-order valence-corrected chi connectivity index (χ0v) is 5.47. The summed E-state index contributed by atoms with van der Waals surface area (Å²) in [5.74, 6) is 0.183. The van der Waals surface area contributed by atoms with E-state index in [1.165, 1.54) is 16.8 Å². The van der Waals surface area contributed by atoms with E-state index < -0.39 is 0 Å². The van der Waals surface area contributed by atoms with Crippen LogP contribution in [0.25, 0.3) is 5.65 Å². The molecule has 0 saturated carbocycles. The highest BCUT2D eigenvalue weighted by Crippen LogP contribution is 2.11. The molecule has 2 rings (SSSR count). The van der Waals surface area contributed by atoms with Crippen molar-refractivity contribution in [3.8, 4) is 5.88 Å². The molecule has 0 fully saturated rings. The molecule has 0 saturated heterocycles. The zero-order valence-electron chi connectivity index (χ0n) is 5.47. The van der Waals surface area contributed by atoms with E-state index in [9.17, 15) is 0 Å². The lowest BCUT2D eigenvalue weighted by atomic mass is 10.5. The SMILES string of the molecule is Nc1cc(O)nc2cnnn12. The van der Waals surface area contributed by atoms with Crippen LogP contribution >= 0.6 is 0 Å². The molecule has 0 bridgehead atoms. The van der Waals surface area contributed by atoms with Crippen molar-refractivity contribution in [2.45, 2.75) is 0 Å². The summed E-state index contributed by atoms with van der Waals surface area (Å²) in [6.45, 7) is 0. The van der Waals surface area contributed by atoms with Crippen LogP contribution in [-0.4, -0.2) is 24.9 Å². The van der Waals surface area contributed by atoms with Crippen molar-refractivity contribution in [1.29, 1.82) is 0 Å². The number of anilines is 1. The Hall–Kier alpha value is -1.85. The van der Waals surface area contributed by atoms with Crippen molar-refractivity contribution >= 4 is 11.5 Å². The Kier molecular flexibility index (Phi) is 0.974. The molecule has 0 aliphatic carbocycles. The quantitative estimate of drug-likeness (QED) is 0.525. The molecule has 0 amide bonds. The lowest BCUT2D eigenvalue weighted by Gasteiger charge is -1.96. The summed E-state index contributed by atoms with van der Waals surface area (Å²) in [6, 6.07) is 1.31. The summed E-state index contributed by atoms with van der Waals surface area (Å²) in [5.41, 5.74) is 5.89. The van der Waals surface area contributed by atoms with Gasteiger partial charge in [-0.25, -0.2) is 0 Å². The van der Waals surface area contributed by atoms with Crippen LogP contribution in [0.1, 0.15) is 0 Å². The number of fused-ring (bicyclic) bond motifs is 1. The molecule has 2 heterocycles. The topological polar surface area (TPSA) is 89.3 Å². The number of nitrogens with zero attached hydrogens (tertiary/aromatic N) is 4. The van der Waals surface area contributed by atoms with Gasteiger partial charge in [0.15, 0.2) is 5.65 Å². The van der Waals surface area contributed by atoms with Crippen molar-refractivity contribution in [3.05, 3.63) is 12.3 Å². The number of nitrogens with two attached hydrogens (primary N) is 1. The molecule has 6 heteroatoms. The summed E-state index contributed by atoms with van der Waals surface area (Å²) in [6.07, 6.45) is 1.41. The molecule has 0 aliphatic heterocycles. The van der Waals surface area contributed by atoms with Crippen LogP contribution in [0.5, 0.6) is 5.88 Å². The van der Waals surface area contributed by atoms with Crippen molar-refractivity contribution < 1.29 is 5.11 Å². The Morgan fingerprint density at radius 2 is 2.36 bits per heavy atom. The monoisotopic (exact) mass is 151 g/mol. The molecule has 0 atom stereocenters. The average Bonchev–Trinajstić information content (AvgIpc) is 2.34. The van der Waals surface area contributed by atoms with Gasteiger partial charge in [0.25, 0.3) is 0 Å². The standard InChI is InChI=1S/C5H5N5O/c6-3-1-5(11)8-4-2-7-9-10(3)4/h1-2H,6H2,(H,8,11). The van der Waals surface area contributed by atoms with Gasteiger partial charge in [-0.15, -0.1) is 5.10 Å². The Bertz CT molecular complexity index is 395. The first-order valence-corrected chi connectivity index (χ1v) is 2.93. The second-order valence-electron chi connectivity index (χ2n) is 2.04. The Morgan fingerprint density at radius 1 is 1.55 bits per heavy atom. The van der Waals surface area contributed by atoms with Crippen LogP contribution in [0.15, 0.2) is 12.3 Å². The maximum atomic E-state index is 8.97. The van der Waals surface area contributed by atoms with Crippen molar-refractivity contribution in [1.82, 2.24) is 19.8 Å². The van der Waals surface area contributed by atoms with E-state index in [2.05, 4.69) is 15.3 Å². The summed E-state index contributed by atoms with van der Waals surface area (Å²) in [7, 11) is 0. The van der Waals surface area contributed by atoms with E-state index in [1.807, 2.05) is 0 Å². The second-order valence-corrected chi connectivity index (χ2v) is 2.04. The minimum absolute atomic E-state index is 0.127. The number of rotatable bonds is 0. The van der Waals surface area contributed by atoms with E-state index in [1.54, 1.807) is 0 Å². The summed E-state index contributed by atoms with van der Waals surface area (Å²) < 4.78 is 1.33. The molecular weight excluding hydrogens is 146 g/mol. The van der Waals surface area contributed by atoms with Gasteiger partial charge in [0.1, 0.15) is 5.82 Å². The van der Waals surface area contributed by atoms with Gasteiger partial charge in [-0.3, -0.25) is 0 Å². The van der Waals surface area contributed by atoms with Crippen LogP contribution in [0.4, 0.5) is 5.82 Å². The number of hydrogen-bond acceptors (Lipinski definition) is 5. The van der Waals surface area contributed by atoms with E-state index in [0.717, 1.165) is 0 Å². The second kappa shape index (κ2) is 1.82.